The Hall–Kier alpha value is -2.20. The summed E-state index contributed by atoms with van der Waals surface area (Å²) in [5, 5.41) is 2.01. The van der Waals surface area contributed by atoms with Crippen LogP contribution in [0.1, 0.15) is 42.0 Å². The zero-order valence-corrected chi connectivity index (χ0v) is 14.4. The van der Waals surface area contributed by atoms with Crippen molar-refractivity contribution in [3.8, 4) is 0 Å². The van der Waals surface area contributed by atoms with Crippen molar-refractivity contribution in [2.24, 2.45) is 0 Å². The minimum Gasteiger partial charge on any atom is -0.294 e. The monoisotopic (exact) mass is 337 g/mol. The first-order valence-electron chi connectivity index (χ1n) is 8.34. The van der Waals surface area contributed by atoms with Gasteiger partial charge in [0.2, 0.25) is 5.91 Å². The predicted molar refractivity (Wildman–Crippen MR) is 96.2 cm³/mol. The molecule has 1 amide bonds. The van der Waals surface area contributed by atoms with Crippen LogP contribution in [0.15, 0.2) is 53.0 Å². The SMILES string of the molecule is Cc1ccc(N2C(=O)C[C@H](c3cccs3)C3=C2CCCC3=O)cc1. The second kappa shape index (κ2) is 6.02. The van der Waals surface area contributed by atoms with E-state index in [4.69, 9.17) is 0 Å². The summed E-state index contributed by atoms with van der Waals surface area (Å²) >= 11 is 1.63. The number of ketones is 1. The average Bonchev–Trinajstić information content (AvgIpc) is 3.10. The second-order valence-corrected chi connectivity index (χ2v) is 7.45. The first-order valence-corrected chi connectivity index (χ1v) is 9.22. The van der Waals surface area contributed by atoms with E-state index in [9.17, 15) is 9.59 Å². The number of allylic oxidation sites excluding steroid dienone is 2. The zero-order chi connectivity index (χ0) is 16.7. The zero-order valence-electron chi connectivity index (χ0n) is 13.6. The number of benzene rings is 1. The van der Waals surface area contributed by atoms with Crippen LogP contribution in [0.25, 0.3) is 0 Å². The minimum absolute atomic E-state index is 0.0676. The first kappa shape index (κ1) is 15.3. The highest BCUT2D eigenvalue weighted by molar-refractivity contribution is 7.10. The van der Waals surface area contributed by atoms with Gasteiger partial charge in [-0.1, -0.05) is 23.8 Å². The van der Waals surface area contributed by atoms with Crippen LogP contribution in [0, 0.1) is 6.92 Å². The molecule has 0 N–H and O–H groups in total. The summed E-state index contributed by atoms with van der Waals surface area (Å²) in [6.45, 7) is 2.03. The van der Waals surface area contributed by atoms with Crippen LogP contribution in [0.4, 0.5) is 5.69 Å². The van der Waals surface area contributed by atoms with Gasteiger partial charge in [0, 0.05) is 40.6 Å². The van der Waals surface area contributed by atoms with Gasteiger partial charge in [0.25, 0.3) is 0 Å². The number of anilines is 1. The van der Waals surface area contributed by atoms with Gasteiger partial charge >= 0.3 is 0 Å². The molecule has 24 heavy (non-hydrogen) atoms. The van der Waals surface area contributed by atoms with Crippen LogP contribution in [0.3, 0.4) is 0 Å². The summed E-state index contributed by atoms with van der Waals surface area (Å²) in [4.78, 5) is 28.5. The largest absolute Gasteiger partial charge is 0.294 e. The van der Waals surface area contributed by atoms with Crippen LogP contribution in [0.5, 0.6) is 0 Å². The molecule has 2 aliphatic rings. The Bertz CT molecular complexity index is 818. The van der Waals surface area contributed by atoms with Gasteiger partial charge in [-0.3, -0.25) is 14.5 Å². The van der Waals surface area contributed by atoms with Crippen molar-refractivity contribution in [2.75, 3.05) is 4.90 Å². The molecule has 0 spiro atoms. The lowest BCUT2D eigenvalue weighted by Crippen LogP contribution is -2.40. The standard InChI is InChI=1S/C20H19NO2S/c1-13-7-9-14(10-8-13)21-16-4-2-5-17(22)20(16)15(12-19(21)23)18-6-3-11-24-18/h3,6-11,15H,2,4-5,12H2,1H3/t15-/m1/s1. The van der Waals surface area contributed by atoms with Crippen LogP contribution >= 0.6 is 11.3 Å². The molecule has 1 aliphatic carbocycles. The fourth-order valence-corrected chi connectivity index (χ4v) is 4.56. The number of aryl methyl sites for hydroxylation is 1. The topological polar surface area (TPSA) is 37.4 Å². The maximum absolute atomic E-state index is 12.9. The molecule has 0 bridgehead atoms. The van der Waals surface area contributed by atoms with E-state index in [1.807, 2.05) is 48.7 Å². The Morgan fingerprint density at radius 1 is 1.08 bits per heavy atom. The maximum Gasteiger partial charge on any atom is 0.232 e. The van der Waals surface area contributed by atoms with E-state index in [0.29, 0.717) is 12.8 Å². The Labute approximate surface area is 145 Å². The fourth-order valence-electron chi connectivity index (χ4n) is 3.72. The van der Waals surface area contributed by atoms with Crippen molar-refractivity contribution in [3.63, 3.8) is 0 Å². The fraction of sp³-hybridized carbons (Fsp3) is 0.300. The predicted octanol–water partition coefficient (Wildman–Crippen LogP) is 4.58. The molecule has 0 unspecified atom stereocenters. The lowest BCUT2D eigenvalue weighted by Gasteiger charge is -2.38. The number of hydrogen-bond acceptors (Lipinski definition) is 3. The van der Waals surface area contributed by atoms with E-state index in [0.717, 1.165) is 40.2 Å². The van der Waals surface area contributed by atoms with Crippen LogP contribution in [-0.4, -0.2) is 11.7 Å². The number of carbonyl (C=O) groups is 2. The van der Waals surface area contributed by atoms with Gasteiger partial charge < -0.3 is 0 Å². The molecule has 3 nitrogen and oxygen atoms in total. The highest BCUT2D eigenvalue weighted by Crippen LogP contribution is 2.44. The molecule has 0 radical (unpaired) electrons. The third-order valence-electron chi connectivity index (χ3n) is 4.85. The molecule has 1 aromatic heterocycles. The lowest BCUT2D eigenvalue weighted by molar-refractivity contribution is -0.119. The van der Waals surface area contributed by atoms with E-state index in [2.05, 4.69) is 0 Å². The molecular weight excluding hydrogens is 318 g/mol. The third kappa shape index (κ3) is 2.51. The molecule has 4 heteroatoms. The molecule has 1 atom stereocenters. The van der Waals surface area contributed by atoms with Crippen molar-refractivity contribution in [3.05, 3.63) is 63.5 Å². The quantitative estimate of drug-likeness (QED) is 0.804. The van der Waals surface area contributed by atoms with Crippen molar-refractivity contribution in [1.82, 2.24) is 0 Å². The highest BCUT2D eigenvalue weighted by Gasteiger charge is 2.39. The van der Waals surface area contributed by atoms with Crippen LogP contribution in [0.2, 0.25) is 0 Å². The number of hydrogen-bond donors (Lipinski definition) is 0. The average molecular weight is 337 g/mol. The summed E-state index contributed by atoms with van der Waals surface area (Å²) in [6, 6.07) is 12.0. The van der Waals surface area contributed by atoms with Crippen LogP contribution < -0.4 is 4.90 Å². The molecular formula is C20H19NO2S. The van der Waals surface area contributed by atoms with Gasteiger partial charge in [-0.2, -0.15) is 0 Å². The Morgan fingerprint density at radius 3 is 2.58 bits per heavy atom. The number of nitrogens with zero attached hydrogens (tertiary/aromatic N) is 1. The molecule has 1 aromatic carbocycles. The van der Waals surface area contributed by atoms with Gasteiger partial charge in [0.05, 0.1) is 0 Å². The molecule has 0 fully saturated rings. The van der Waals surface area contributed by atoms with E-state index in [-0.39, 0.29) is 17.6 Å². The Balaban J connectivity index is 1.85. The summed E-state index contributed by atoms with van der Waals surface area (Å²) in [5.41, 5.74) is 3.82. The number of amides is 1. The molecule has 0 saturated carbocycles. The lowest BCUT2D eigenvalue weighted by atomic mass is 9.79. The molecule has 2 aromatic rings. The van der Waals surface area contributed by atoms with Gasteiger partial charge in [0.15, 0.2) is 5.78 Å². The highest BCUT2D eigenvalue weighted by atomic mass is 32.1. The summed E-state index contributed by atoms with van der Waals surface area (Å²) in [5.74, 6) is 0.229. The van der Waals surface area contributed by atoms with Crippen molar-refractivity contribution in [1.29, 1.82) is 0 Å². The number of thiophene rings is 1. The van der Waals surface area contributed by atoms with Crippen molar-refractivity contribution in [2.45, 2.75) is 38.5 Å². The van der Waals surface area contributed by atoms with E-state index >= 15 is 0 Å². The summed E-state index contributed by atoms with van der Waals surface area (Å²) in [6.07, 6.45) is 2.59. The number of Topliss-reactive ketones (excluding diaryl/α,β-unsaturated/α-hetero) is 1. The summed E-state index contributed by atoms with van der Waals surface area (Å²) in [7, 11) is 0. The maximum atomic E-state index is 12.9. The van der Waals surface area contributed by atoms with Gasteiger partial charge in [-0.25, -0.2) is 0 Å². The van der Waals surface area contributed by atoms with Crippen molar-refractivity contribution >= 4 is 28.7 Å². The molecule has 4 rings (SSSR count). The van der Waals surface area contributed by atoms with E-state index < -0.39 is 0 Å². The summed E-state index contributed by atoms with van der Waals surface area (Å²) < 4.78 is 0. The molecule has 1 aliphatic heterocycles. The van der Waals surface area contributed by atoms with Gasteiger partial charge in [-0.15, -0.1) is 11.3 Å². The van der Waals surface area contributed by atoms with Gasteiger partial charge in [0.1, 0.15) is 0 Å². The Morgan fingerprint density at radius 2 is 1.88 bits per heavy atom. The third-order valence-corrected chi connectivity index (χ3v) is 5.84. The van der Waals surface area contributed by atoms with Crippen molar-refractivity contribution < 1.29 is 9.59 Å². The van der Waals surface area contributed by atoms with E-state index in [1.165, 1.54) is 0 Å². The normalized spacial score (nSPS) is 21.2. The smallest absolute Gasteiger partial charge is 0.232 e. The Kier molecular flexibility index (Phi) is 3.85. The molecule has 2 heterocycles. The van der Waals surface area contributed by atoms with Gasteiger partial charge in [-0.05, 0) is 43.3 Å². The molecule has 122 valence electrons. The van der Waals surface area contributed by atoms with E-state index in [1.54, 1.807) is 16.2 Å². The second-order valence-electron chi connectivity index (χ2n) is 6.47. The minimum atomic E-state index is -0.0676. The first-order chi connectivity index (χ1) is 11.6. The number of rotatable bonds is 2. The number of carbonyl (C=O) groups excluding carboxylic acids is 2. The van der Waals surface area contributed by atoms with Crippen LogP contribution in [-0.2, 0) is 9.59 Å². The molecule has 0 saturated heterocycles.